The minimum atomic E-state index is -0.376. The van der Waals surface area contributed by atoms with E-state index >= 15 is 0 Å². The number of anilines is 1. The van der Waals surface area contributed by atoms with Crippen molar-refractivity contribution in [2.45, 2.75) is 32.4 Å². The molecule has 3 N–H and O–H groups in total. The van der Waals surface area contributed by atoms with E-state index < -0.39 is 0 Å². The van der Waals surface area contributed by atoms with E-state index in [0.29, 0.717) is 17.6 Å². The molecule has 98 valence electrons. The van der Waals surface area contributed by atoms with Gasteiger partial charge < -0.3 is 16.0 Å². The molecular weight excluding hydrogens is 226 g/mol. The predicted molar refractivity (Wildman–Crippen MR) is 73.8 cm³/mol. The normalized spacial score (nSPS) is 24.2. The van der Waals surface area contributed by atoms with Gasteiger partial charge in [0.1, 0.15) is 0 Å². The molecule has 1 amide bonds. The van der Waals surface area contributed by atoms with E-state index in [1.807, 2.05) is 19.1 Å². The van der Waals surface area contributed by atoms with Gasteiger partial charge in [0.15, 0.2) is 0 Å². The van der Waals surface area contributed by atoms with Crippen molar-refractivity contribution in [2.24, 2.45) is 5.73 Å². The van der Waals surface area contributed by atoms with Gasteiger partial charge in [-0.3, -0.25) is 4.79 Å². The maximum absolute atomic E-state index is 11.1. The quantitative estimate of drug-likeness (QED) is 0.853. The monoisotopic (exact) mass is 247 g/mol. The highest BCUT2D eigenvalue weighted by atomic mass is 16.1. The molecule has 0 radical (unpaired) electrons. The number of hydrogen-bond acceptors (Lipinski definition) is 3. The summed E-state index contributed by atoms with van der Waals surface area (Å²) in [5.74, 6) is -0.376. The third kappa shape index (κ3) is 2.64. The molecule has 18 heavy (non-hydrogen) atoms. The number of carbonyl (C=O) groups excluding carboxylic acids is 1. The van der Waals surface area contributed by atoms with Crippen molar-refractivity contribution in [1.82, 2.24) is 4.90 Å². The molecular formula is C14H21N3O. The standard InChI is InChI=1S/C14H21N3O/c1-9-6-11(14(15)18)4-5-13(9)16-12-7-10(2)17(3)8-12/h4-6,10,12,16H,7-8H2,1-3H3,(H2,15,18). The molecule has 0 spiro atoms. The fraction of sp³-hybridized carbons (Fsp3) is 0.500. The third-order valence-corrected chi connectivity index (χ3v) is 3.76. The van der Waals surface area contributed by atoms with Gasteiger partial charge in [0.05, 0.1) is 0 Å². The third-order valence-electron chi connectivity index (χ3n) is 3.76. The molecule has 1 fully saturated rings. The Balaban J connectivity index is 2.08. The van der Waals surface area contributed by atoms with Crippen LogP contribution < -0.4 is 11.1 Å². The lowest BCUT2D eigenvalue weighted by Gasteiger charge is -2.16. The molecule has 1 aliphatic rings. The van der Waals surface area contributed by atoms with E-state index in [9.17, 15) is 4.79 Å². The van der Waals surface area contributed by atoms with Gasteiger partial charge in [0.25, 0.3) is 0 Å². The number of benzene rings is 1. The number of rotatable bonds is 3. The molecule has 1 aromatic carbocycles. The summed E-state index contributed by atoms with van der Waals surface area (Å²) in [7, 11) is 2.15. The van der Waals surface area contributed by atoms with Crippen molar-refractivity contribution >= 4 is 11.6 Å². The number of amides is 1. The van der Waals surface area contributed by atoms with Crippen LogP contribution in [0.15, 0.2) is 18.2 Å². The van der Waals surface area contributed by atoms with Crippen LogP contribution in [0.25, 0.3) is 0 Å². The van der Waals surface area contributed by atoms with Crippen LogP contribution in [0.1, 0.15) is 29.3 Å². The van der Waals surface area contributed by atoms with E-state index in [0.717, 1.165) is 24.2 Å². The molecule has 2 atom stereocenters. The van der Waals surface area contributed by atoms with Crippen molar-refractivity contribution in [1.29, 1.82) is 0 Å². The van der Waals surface area contributed by atoms with Gasteiger partial charge in [-0.15, -0.1) is 0 Å². The van der Waals surface area contributed by atoms with E-state index in [1.54, 1.807) is 6.07 Å². The average Bonchev–Trinajstić information content (AvgIpc) is 2.61. The smallest absolute Gasteiger partial charge is 0.248 e. The fourth-order valence-electron chi connectivity index (χ4n) is 2.50. The number of nitrogens with two attached hydrogens (primary N) is 1. The summed E-state index contributed by atoms with van der Waals surface area (Å²) in [5.41, 5.74) is 7.99. The number of hydrogen-bond donors (Lipinski definition) is 2. The minimum absolute atomic E-state index is 0.376. The molecule has 0 aliphatic carbocycles. The Morgan fingerprint density at radius 2 is 2.22 bits per heavy atom. The van der Waals surface area contributed by atoms with Crippen LogP contribution in [0.5, 0.6) is 0 Å². The Bertz CT molecular complexity index is 448. The first kappa shape index (κ1) is 12.9. The number of nitrogens with zero attached hydrogens (tertiary/aromatic N) is 1. The minimum Gasteiger partial charge on any atom is -0.381 e. The van der Waals surface area contributed by atoms with Gasteiger partial charge in [0.2, 0.25) is 5.91 Å². The molecule has 0 bridgehead atoms. The number of aryl methyl sites for hydroxylation is 1. The summed E-state index contributed by atoms with van der Waals surface area (Å²) in [6.07, 6.45) is 1.15. The Hall–Kier alpha value is -1.55. The van der Waals surface area contributed by atoms with E-state index in [1.165, 1.54) is 0 Å². The lowest BCUT2D eigenvalue weighted by atomic mass is 10.1. The van der Waals surface area contributed by atoms with Gasteiger partial charge in [0, 0.05) is 29.9 Å². The molecule has 1 aromatic rings. The molecule has 4 heteroatoms. The number of primary amides is 1. The first-order chi connectivity index (χ1) is 8.47. The second kappa shape index (κ2) is 4.98. The highest BCUT2D eigenvalue weighted by Crippen LogP contribution is 2.22. The maximum Gasteiger partial charge on any atom is 0.248 e. The summed E-state index contributed by atoms with van der Waals surface area (Å²) in [6.45, 7) is 5.29. The number of nitrogens with one attached hydrogen (secondary N) is 1. The Morgan fingerprint density at radius 3 is 2.72 bits per heavy atom. The van der Waals surface area contributed by atoms with Gasteiger partial charge in [-0.2, -0.15) is 0 Å². The van der Waals surface area contributed by atoms with Crippen LogP contribution in [0.4, 0.5) is 5.69 Å². The molecule has 2 rings (SSSR count). The van der Waals surface area contributed by atoms with E-state index in [4.69, 9.17) is 5.73 Å². The van der Waals surface area contributed by atoms with Crippen molar-refractivity contribution in [3.8, 4) is 0 Å². The van der Waals surface area contributed by atoms with Crippen molar-refractivity contribution in [3.63, 3.8) is 0 Å². The second-order valence-corrected chi connectivity index (χ2v) is 5.26. The van der Waals surface area contributed by atoms with Crippen molar-refractivity contribution < 1.29 is 4.79 Å². The number of likely N-dealkylation sites (tertiary alicyclic amines) is 1. The van der Waals surface area contributed by atoms with Crippen LogP contribution in [0, 0.1) is 6.92 Å². The zero-order valence-electron chi connectivity index (χ0n) is 11.2. The molecule has 2 unspecified atom stereocenters. The highest BCUT2D eigenvalue weighted by Gasteiger charge is 2.26. The zero-order valence-corrected chi connectivity index (χ0v) is 11.2. The number of likely N-dealkylation sites (N-methyl/N-ethyl adjacent to an activating group) is 1. The molecule has 0 saturated carbocycles. The number of carbonyl (C=O) groups is 1. The average molecular weight is 247 g/mol. The molecule has 1 saturated heterocycles. The van der Waals surface area contributed by atoms with E-state index in [-0.39, 0.29) is 5.91 Å². The van der Waals surface area contributed by atoms with E-state index in [2.05, 4.69) is 24.2 Å². The van der Waals surface area contributed by atoms with Crippen LogP contribution in [0.3, 0.4) is 0 Å². The maximum atomic E-state index is 11.1. The summed E-state index contributed by atoms with van der Waals surface area (Å²) in [5, 5.41) is 3.54. The SMILES string of the molecule is Cc1cc(C(N)=O)ccc1NC1CC(C)N(C)C1. The Morgan fingerprint density at radius 1 is 1.50 bits per heavy atom. The van der Waals surface area contributed by atoms with Crippen molar-refractivity contribution in [3.05, 3.63) is 29.3 Å². The van der Waals surface area contributed by atoms with Gasteiger partial charge in [-0.1, -0.05) is 0 Å². The van der Waals surface area contributed by atoms with Crippen LogP contribution in [-0.2, 0) is 0 Å². The van der Waals surface area contributed by atoms with Gasteiger partial charge >= 0.3 is 0 Å². The van der Waals surface area contributed by atoms with Gasteiger partial charge in [-0.05, 0) is 51.1 Å². The van der Waals surface area contributed by atoms with Crippen LogP contribution in [-0.4, -0.2) is 36.5 Å². The topological polar surface area (TPSA) is 58.4 Å². The first-order valence-electron chi connectivity index (χ1n) is 6.34. The molecule has 0 aromatic heterocycles. The van der Waals surface area contributed by atoms with Gasteiger partial charge in [-0.25, -0.2) is 0 Å². The summed E-state index contributed by atoms with van der Waals surface area (Å²) in [6, 6.07) is 6.65. The van der Waals surface area contributed by atoms with Crippen molar-refractivity contribution in [2.75, 3.05) is 18.9 Å². The Labute approximate surface area is 108 Å². The zero-order chi connectivity index (χ0) is 13.3. The fourth-order valence-corrected chi connectivity index (χ4v) is 2.50. The largest absolute Gasteiger partial charge is 0.381 e. The van der Waals surface area contributed by atoms with Crippen LogP contribution in [0.2, 0.25) is 0 Å². The van der Waals surface area contributed by atoms with Crippen LogP contribution >= 0.6 is 0 Å². The highest BCUT2D eigenvalue weighted by molar-refractivity contribution is 5.93. The Kier molecular flexibility index (Phi) is 3.57. The summed E-state index contributed by atoms with van der Waals surface area (Å²) in [4.78, 5) is 13.4. The second-order valence-electron chi connectivity index (χ2n) is 5.26. The summed E-state index contributed by atoms with van der Waals surface area (Å²) < 4.78 is 0. The summed E-state index contributed by atoms with van der Waals surface area (Å²) >= 11 is 0. The predicted octanol–water partition coefficient (Wildman–Crippen LogP) is 1.60. The first-order valence-corrected chi connectivity index (χ1v) is 6.34. The molecule has 1 heterocycles. The lowest BCUT2D eigenvalue weighted by molar-refractivity contribution is 0.1000. The molecule has 4 nitrogen and oxygen atoms in total. The lowest BCUT2D eigenvalue weighted by Crippen LogP contribution is -2.25. The molecule has 1 aliphatic heterocycles.